The van der Waals surface area contributed by atoms with E-state index in [0.29, 0.717) is 17.2 Å². The topological polar surface area (TPSA) is 114 Å². The van der Waals surface area contributed by atoms with Crippen LogP contribution in [0.1, 0.15) is 18.1 Å². The molecule has 1 aromatic heterocycles. The molecule has 1 fully saturated rings. The highest BCUT2D eigenvalue weighted by Gasteiger charge is 2.18. The third-order valence-corrected chi connectivity index (χ3v) is 4.87. The van der Waals surface area contributed by atoms with E-state index in [-0.39, 0.29) is 12.6 Å². The quantitative estimate of drug-likeness (QED) is 0.415. The number of nitrogens with two attached hydrogens (primary N) is 1. The smallest absolute Gasteiger partial charge is 0.144 e. The van der Waals surface area contributed by atoms with Gasteiger partial charge in [0, 0.05) is 44.6 Å². The fourth-order valence-electron chi connectivity index (χ4n) is 3.27. The zero-order chi connectivity index (χ0) is 20.6. The summed E-state index contributed by atoms with van der Waals surface area (Å²) < 4.78 is 0. The second-order valence-corrected chi connectivity index (χ2v) is 7.11. The van der Waals surface area contributed by atoms with Gasteiger partial charge in [-0.1, -0.05) is 12.1 Å². The second kappa shape index (κ2) is 10.1. The molecule has 3 rings (SSSR count). The lowest BCUT2D eigenvalue weighted by Gasteiger charge is -2.27. The van der Waals surface area contributed by atoms with E-state index in [2.05, 4.69) is 32.3 Å². The first-order chi connectivity index (χ1) is 14.1. The molecule has 1 aliphatic heterocycles. The summed E-state index contributed by atoms with van der Waals surface area (Å²) in [6.45, 7) is 6.76. The minimum Gasteiger partial charge on any atom is -0.394 e. The van der Waals surface area contributed by atoms with Crippen LogP contribution in [-0.4, -0.2) is 66.0 Å². The maximum Gasteiger partial charge on any atom is 0.144 e. The highest BCUT2D eigenvalue weighted by atomic mass is 16.3. The molecular formula is C21H29N7O. The van der Waals surface area contributed by atoms with E-state index >= 15 is 0 Å². The Kier molecular flexibility index (Phi) is 7.29. The molecule has 2 heterocycles. The summed E-state index contributed by atoms with van der Waals surface area (Å²) in [6.07, 6.45) is 2.83. The lowest BCUT2D eigenvalue weighted by atomic mass is 10.1. The fourth-order valence-corrected chi connectivity index (χ4v) is 3.27. The first-order valence-corrected chi connectivity index (χ1v) is 9.83. The lowest BCUT2D eigenvalue weighted by Crippen LogP contribution is -2.42. The van der Waals surface area contributed by atoms with Gasteiger partial charge in [-0.15, -0.1) is 0 Å². The molecule has 0 radical (unpaired) electrons. The molecule has 0 spiro atoms. The summed E-state index contributed by atoms with van der Waals surface area (Å²) in [5.74, 6) is 0.820. The minimum atomic E-state index is -0.334. The molecule has 29 heavy (non-hydrogen) atoms. The van der Waals surface area contributed by atoms with Crippen LogP contribution in [0.25, 0.3) is 0 Å². The number of aliphatic hydroxyl groups excluding tert-OH is 1. The number of amidine groups is 1. The Morgan fingerprint density at radius 2 is 2.07 bits per heavy atom. The first kappa shape index (κ1) is 20.9. The van der Waals surface area contributed by atoms with E-state index in [1.165, 1.54) is 11.9 Å². The van der Waals surface area contributed by atoms with E-state index < -0.39 is 0 Å². The summed E-state index contributed by atoms with van der Waals surface area (Å²) in [6, 6.07) is 11.4. The summed E-state index contributed by atoms with van der Waals surface area (Å²) >= 11 is 0. The largest absolute Gasteiger partial charge is 0.394 e. The molecule has 0 amide bonds. The summed E-state index contributed by atoms with van der Waals surface area (Å²) in [4.78, 5) is 12.8. The van der Waals surface area contributed by atoms with Crippen molar-refractivity contribution >= 4 is 23.7 Å². The molecule has 1 saturated heterocycles. The van der Waals surface area contributed by atoms with Crippen LogP contribution in [0.15, 0.2) is 47.6 Å². The van der Waals surface area contributed by atoms with Crippen molar-refractivity contribution in [2.45, 2.75) is 19.5 Å². The van der Waals surface area contributed by atoms with Gasteiger partial charge in [0.1, 0.15) is 11.7 Å². The Morgan fingerprint density at radius 1 is 1.34 bits per heavy atom. The SMILES string of the molecule is CC(CO)N=C(c1cccnc1N)N(C=N)c1ccc(CN2CCNCC2)cc1. The van der Waals surface area contributed by atoms with E-state index in [0.717, 1.165) is 38.4 Å². The molecule has 154 valence electrons. The summed E-state index contributed by atoms with van der Waals surface area (Å²) in [5.41, 5.74) is 8.72. The minimum absolute atomic E-state index is 0.0981. The van der Waals surface area contributed by atoms with Gasteiger partial charge in [-0.25, -0.2) is 4.98 Å². The van der Waals surface area contributed by atoms with Crippen molar-refractivity contribution in [3.63, 3.8) is 0 Å². The molecule has 0 saturated carbocycles. The fraction of sp³-hybridized carbons (Fsp3) is 0.381. The molecule has 1 unspecified atom stereocenters. The number of rotatable bonds is 7. The number of aromatic nitrogens is 1. The van der Waals surface area contributed by atoms with Crippen molar-refractivity contribution in [1.82, 2.24) is 15.2 Å². The molecule has 8 nitrogen and oxygen atoms in total. The van der Waals surface area contributed by atoms with Gasteiger partial charge in [-0.3, -0.25) is 20.2 Å². The maximum atomic E-state index is 9.48. The first-order valence-electron chi connectivity index (χ1n) is 9.83. The number of anilines is 2. The highest BCUT2D eigenvalue weighted by molar-refractivity contribution is 6.20. The van der Waals surface area contributed by atoms with Gasteiger partial charge in [0.05, 0.1) is 24.6 Å². The Bertz CT molecular complexity index is 831. The van der Waals surface area contributed by atoms with Crippen molar-refractivity contribution in [1.29, 1.82) is 5.41 Å². The van der Waals surface area contributed by atoms with Crippen molar-refractivity contribution in [3.05, 3.63) is 53.7 Å². The van der Waals surface area contributed by atoms with Gasteiger partial charge >= 0.3 is 0 Å². The molecule has 1 atom stereocenters. The Morgan fingerprint density at radius 3 is 2.69 bits per heavy atom. The van der Waals surface area contributed by atoms with Crippen molar-refractivity contribution in [2.75, 3.05) is 43.4 Å². The highest BCUT2D eigenvalue weighted by Crippen LogP contribution is 2.21. The normalized spacial score (nSPS) is 16.4. The van der Waals surface area contributed by atoms with Gasteiger partial charge in [0.15, 0.2) is 0 Å². The van der Waals surface area contributed by atoms with Crippen LogP contribution in [-0.2, 0) is 6.54 Å². The number of piperazine rings is 1. The molecule has 2 aromatic rings. The van der Waals surface area contributed by atoms with Gasteiger partial charge in [0.25, 0.3) is 0 Å². The van der Waals surface area contributed by atoms with E-state index in [9.17, 15) is 5.11 Å². The third-order valence-electron chi connectivity index (χ3n) is 4.87. The van der Waals surface area contributed by atoms with Crippen LogP contribution in [0.4, 0.5) is 11.5 Å². The van der Waals surface area contributed by atoms with Crippen LogP contribution >= 0.6 is 0 Å². The predicted molar refractivity (Wildman–Crippen MR) is 118 cm³/mol. The summed E-state index contributed by atoms with van der Waals surface area (Å²) in [7, 11) is 0. The zero-order valence-corrected chi connectivity index (χ0v) is 16.8. The number of hydrogen-bond donors (Lipinski definition) is 4. The van der Waals surface area contributed by atoms with Gasteiger partial charge in [-0.2, -0.15) is 0 Å². The van der Waals surface area contributed by atoms with E-state index in [1.807, 2.05) is 25.1 Å². The van der Waals surface area contributed by atoms with E-state index in [4.69, 9.17) is 11.1 Å². The van der Waals surface area contributed by atoms with Crippen molar-refractivity contribution < 1.29 is 5.11 Å². The lowest BCUT2D eigenvalue weighted by molar-refractivity contribution is 0.233. The monoisotopic (exact) mass is 395 g/mol. The number of nitrogen functional groups attached to an aromatic ring is 1. The number of hydrogen-bond acceptors (Lipinski definition) is 7. The van der Waals surface area contributed by atoms with Crippen LogP contribution in [0.2, 0.25) is 0 Å². The van der Waals surface area contributed by atoms with Crippen LogP contribution in [0.3, 0.4) is 0 Å². The Balaban J connectivity index is 1.87. The molecule has 8 heteroatoms. The molecule has 1 aliphatic rings. The maximum absolute atomic E-state index is 9.48. The standard InChI is InChI=1S/C21H29N7O/c1-16(14-29)26-21(19-3-2-8-25-20(19)23)28(15-22)18-6-4-17(5-7-18)13-27-11-9-24-10-12-27/h2-8,15-16,22,24,29H,9-14H2,1H3,(H2,23,25). The number of nitrogens with zero attached hydrogens (tertiary/aromatic N) is 4. The molecule has 0 bridgehead atoms. The predicted octanol–water partition coefficient (Wildman–Crippen LogP) is 1.31. The number of benzene rings is 1. The molecule has 0 aliphatic carbocycles. The van der Waals surface area contributed by atoms with E-state index in [1.54, 1.807) is 17.2 Å². The summed E-state index contributed by atoms with van der Waals surface area (Å²) in [5, 5.41) is 20.8. The van der Waals surface area contributed by atoms with Crippen LogP contribution in [0.5, 0.6) is 0 Å². The second-order valence-electron chi connectivity index (χ2n) is 7.11. The van der Waals surface area contributed by atoms with Gasteiger partial charge in [0.2, 0.25) is 0 Å². The number of aliphatic hydroxyl groups is 1. The van der Waals surface area contributed by atoms with Gasteiger partial charge in [-0.05, 0) is 36.8 Å². The molecular weight excluding hydrogens is 366 g/mol. The Hall–Kier alpha value is -2.81. The molecule has 5 N–H and O–H groups in total. The number of pyridine rings is 1. The number of nitrogens with one attached hydrogen (secondary N) is 2. The van der Waals surface area contributed by atoms with Crippen molar-refractivity contribution in [2.24, 2.45) is 4.99 Å². The third kappa shape index (κ3) is 5.38. The van der Waals surface area contributed by atoms with Crippen LogP contribution < -0.4 is 16.0 Å². The van der Waals surface area contributed by atoms with Gasteiger partial charge < -0.3 is 16.2 Å². The molecule has 1 aromatic carbocycles. The van der Waals surface area contributed by atoms with Crippen LogP contribution in [0, 0.1) is 5.41 Å². The van der Waals surface area contributed by atoms with Crippen molar-refractivity contribution in [3.8, 4) is 0 Å². The average Bonchev–Trinajstić information content (AvgIpc) is 2.75. The zero-order valence-electron chi connectivity index (χ0n) is 16.8. The Labute approximate surface area is 171 Å². The average molecular weight is 396 g/mol. The number of aliphatic imine (C=N–C) groups is 1.